The van der Waals surface area contributed by atoms with Gasteiger partial charge in [-0.15, -0.1) is 0 Å². The fourth-order valence-electron chi connectivity index (χ4n) is 2.28. The van der Waals surface area contributed by atoms with E-state index >= 15 is 0 Å². The van der Waals surface area contributed by atoms with E-state index < -0.39 is 20.6 Å². The second-order valence-corrected chi connectivity index (χ2v) is 6.39. The molecule has 7 heteroatoms. The number of carbonyl (C=O) groups is 1. The van der Waals surface area contributed by atoms with Gasteiger partial charge in [0.1, 0.15) is 5.82 Å². The zero-order valence-corrected chi connectivity index (χ0v) is 12.4. The highest BCUT2D eigenvalue weighted by Gasteiger charge is 2.40. The maximum Gasteiger partial charge on any atom is 0.272 e. The smallest absolute Gasteiger partial charge is 0.272 e. The first-order chi connectivity index (χ1) is 10.6. The molecule has 112 valence electrons. The van der Waals surface area contributed by atoms with Crippen LogP contribution in [0, 0.1) is 0 Å². The van der Waals surface area contributed by atoms with E-state index in [0.29, 0.717) is 5.56 Å². The molecule has 0 saturated heterocycles. The Hall–Kier alpha value is -2.67. The van der Waals surface area contributed by atoms with E-state index in [1.165, 1.54) is 19.4 Å². The van der Waals surface area contributed by atoms with Crippen LogP contribution in [-0.4, -0.2) is 26.4 Å². The number of hydrogen-bond donors (Lipinski definition) is 1. The van der Waals surface area contributed by atoms with Crippen molar-refractivity contribution in [1.29, 1.82) is 0 Å². The van der Waals surface area contributed by atoms with Gasteiger partial charge in [0.05, 0.1) is 12.0 Å². The summed E-state index contributed by atoms with van der Waals surface area (Å²) in [5.41, 5.74) is 0.385. The van der Waals surface area contributed by atoms with Gasteiger partial charge in [0.2, 0.25) is 9.84 Å². The average molecular weight is 316 g/mol. The molecule has 1 N–H and O–H groups in total. The van der Waals surface area contributed by atoms with Crippen molar-refractivity contribution in [3.8, 4) is 0 Å². The number of benzene rings is 1. The molecule has 2 aromatic rings. The molecule has 1 amide bonds. The molecule has 0 bridgehead atoms. The third-order valence-corrected chi connectivity index (χ3v) is 5.06. The monoisotopic (exact) mass is 316 g/mol. The Morgan fingerprint density at radius 3 is 2.55 bits per heavy atom. The minimum atomic E-state index is -3.91. The molecule has 2 heterocycles. The van der Waals surface area contributed by atoms with Crippen molar-refractivity contribution in [1.82, 2.24) is 4.98 Å². The van der Waals surface area contributed by atoms with Gasteiger partial charge in [-0.1, -0.05) is 18.2 Å². The highest BCUT2D eigenvalue weighted by atomic mass is 32.2. The van der Waals surface area contributed by atoms with Crippen LogP contribution >= 0.6 is 0 Å². The SMILES string of the molecule is COC1=C(C(=O)Nc2ccccn2)S(=O)(=O)c2ccccc21. The number of ether oxygens (including phenoxy) is 1. The Kier molecular flexibility index (Phi) is 3.42. The first-order valence-corrected chi connectivity index (χ1v) is 7.89. The highest BCUT2D eigenvalue weighted by molar-refractivity contribution is 7.97. The summed E-state index contributed by atoms with van der Waals surface area (Å²) >= 11 is 0. The third-order valence-electron chi connectivity index (χ3n) is 3.21. The molecule has 0 aliphatic carbocycles. The number of methoxy groups -OCH3 is 1. The molecular formula is C15H12N2O4S. The van der Waals surface area contributed by atoms with Crippen molar-refractivity contribution >= 4 is 27.3 Å². The Balaban J connectivity index is 2.08. The number of carbonyl (C=O) groups excluding carboxylic acids is 1. The number of amides is 1. The highest BCUT2D eigenvalue weighted by Crippen LogP contribution is 2.39. The molecular weight excluding hydrogens is 304 g/mol. The van der Waals surface area contributed by atoms with E-state index in [0.717, 1.165) is 0 Å². The number of hydrogen-bond acceptors (Lipinski definition) is 5. The summed E-state index contributed by atoms with van der Waals surface area (Å²) in [7, 11) is -2.58. The standard InChI is InChI=1S/C15H12N2O4S/c1-21-13-10-6-2-3-7-11(10)22(19,20)14(13)15(18)17-12-8-4-5-9-16-12/h2-9H,1H3,(H,16,17,18). The first kappa shape index (κ1) is 14.3. The molecule has 0 unspecified atom stereocenters. The molecule has 0 fully saturated rings. The second kappa shape index (κ2) is 5.27. The minimum Gasteiger partial charge on any atom is -0.494 e. The van der Waals surface area contributed by atoms with Gasteiger partial charge in [-0.25, -0.2) is 13.4 Å². The molecule has 0 spiro atoms. The van der Waals surface area contributed by atoms with Crippen molar-refractivity contribution in [2.45, 2.75) is 4.90 Å². The van der Waals surface area contributed by atoms with Crippen LogP contribution in [0.2, 0.25) is 0 Å². The molecule has 3 rings (SSSR count). The van der Waals surface area contributed by atoms with Gasteiger partial charge < -0.3 is 10.1 Å². The maximum atomic E-state index is 12.6. The predicted molar refractivity (Wildman–Crippen MR) is 80.4 cm³/mol. The number of nitrogens with zero attached hydrogens (tertiary/aromatic N) is 1. The van der Waals surface area contributed by atoms with Gasteiger partial charge in [-0.05, 0) is 24.3 Å². The number of fused-ring (bicyclic) bond motifs is 1. The van der Waals surface area contributed by atoms with Crippen molar-refractivity contribution < 1.29 is 17.9 Å². The predicted octanol–water partition coefficient (Wildman–Crippen LogP) is 1.82. The van der Waals surface area contributed by atoms with E-state index in [2.05, 4.69) is 10.3 Å². The number of nitrogens with one attached hydrogen (secondary N) is 1. The summed E-state index contributed by atoms with van der Waals surface area (Å²) < 4.78 is 30.3. The van der Waals surface area contributed by atoms with Gasteiger partial charge >= 0.3 is 0 Å². The lowest BCUT2D eigenvalue weighted by Crippen LogP contribution is -2.20. The Bertz CT molecular complexity index is 873. The Labute approximate surface area is 127 Å². The van der Waals surface area contributed by atoms with Gasteiger partial charge in [-0.3, -0.25) is 4.79 Å². The first-order valence-electron chi connectivity index (χ1n) is 6.41. The molecule has 0 radical (unpaired) electrons. The van der Waals surface area contributed by atoms with Crippen molar-refractivity contribution in [3.05, 3.63) is 59.1 Å². The van der Waals surface area contributed by atoms with E-state index in [4.69, 9.17) is 4.74 Å². The summed E-state index contributed by atoms with van der Waals surface area (Å²) in [5.74, 6) is -0.461. The average Bonchev–Trinajstić information content (AvgIpc) is 2.76. The topological polar surface area (TPSA) is 85.4 Å². The fraction of sp³-hybridized carbons (Fsp3) is 0.0667. The van der Waals surface area contributed by atoms with Crippen LogP contribution in [0.1, 0.15) is 5.56 Å². The lowest BCUT2D eigenvalue weighted by molar-refractivity contribution is -0.112. The summed E-state index contributed by atoms with van der Waals surface area (Å²) in [6, 6.07) is 11.3. The molecule has 0 atom stereocenters. The van der Waals surface area contributed by atoms with E-state index in [1.807, 2.05) is 0 Å². The lowest BCUT2D eigenvalue weighted by Gasteiger charge is -2.06. The zero-order valence-electron chi connectivity index (χ0n) is 11.6. The van der Waals surface area contributed by atoms with Gasteiger partial charge in [0.15, 0.2) is 10.7 Å². The largest absolute Gasteiger partial charge is 0.494 e. The fourth-order valence-corrected chi connectivity index (χ4v) is 3.94. The molecule has 22 heavy (non-hydrogen) atoms. The minimum absolute atomic E-state index is 0.0454. The summed E-state index contributed by atoms with van der Waals surface area (Å²) in [6.45, 7) is 0. The van der Waals surface area contributed by atoms with E-state index in [1.54, 1.807) is 36.4 Å². The van der Waals surface area contributed by atoms with E-state index in [9.17, 15) is 13.2 Å². The molecule has 6 nitrogen and oxygen atoms in total. The van der Waals surface area contributed by atoms with Gasteiger partial charge in [0, 0.05) is 11.8 Å². The van der Waals surface area contributed by atoms with Crippen molar-refractivity contribution in [3.63, 3.8) is 0 Å². The van der Waals surface area contributed by atoms with Crippen LogP contribution in [0.15, 0.2) is 58.5 Å². The van der Waals surface area contributed by atoms with Crippen LogP contribution in [0.3, 0.4) is 0 Å². The second-order valence-electron chi connectivity index (χ2n) is 4.53. The van der Waals surface area contributed by atoms with Crippen molar-refractivity contribution in [2.24, 2.45) is 0 Å². The number of rotatable bonds is 3. The zero-order chi connectivity index (χ0) is 15.7. The number of anilines is 1. The van der Waals surface area contributed by atoms with Crippen LogP contribution in [0.25, 0.3) is 5.76 Å². The molecule has 1 aromatic heterocycles. The lowest BCUT2D eigenvalue weighted by atomic mass is 10.2. The number of pyridine rings is 1. The summed E-state index contributed by atoms with van der Waals surface area (Å²) in [4.78, 5) is 16.0. The van der Waals surface area contributed by atoms with Crippen LogP contribution < -0.4 is 5.32 Å². The van der Waals surface area contributed by atoms with Crippen molar-refractivity contribution in [2.75, 3.05) is 12.4 Å². The van der Waals surface area contributed by atoms with Crippen LogP contribution in [0.5, 0.6) is 0 Å². The quantitative estimate of drug-likeness (QED) is 0.933. The third kappa shape index (κ3) is 2.15. The summed E-state index contributed by atoms with van der Waals surface area (Å²) in [5, 5.41) is 2.47. The van der Waals surface area contributed by atoms with Gasteiger partial charge in [-0.2, -0.15) is 0 Å². The maximum absolute atomic E-state index is 12.6. The Morgan fingerprint density at radius 1 is 1.14 bits per heavy atom. The molecule has 1 aliphatic rings. The van der Waals surface area contributed by atoms with E-state index in [-0.39, 0.29) is 16.5 Å². The molecule has 1 aromatic carbocycles. The molecule has 0 saturated carbocycles. The van der Waals surface area contributed by atoms with Gasteiger partial charge in [0.25, 0.3) is 5.91 Å². The van der Waals surface area contributed by atoms with Crippen LogP contribution in [-0.2, 0) is 19.4 Å². The Morgan fingerprint density at radius 2 is 1.86 bits per heavy atom. The number of aromatic nitrogens is 1. The summed E-state index contributed by atoms with van der Waals surface area (Å²) in [6.07, 6.45) is 1.50. The molecule has 1 aliphatic heterocycles. The number of sulfone groups is 1. The normalized spacial score (nSPS) is 15.3. The van der Waals surface area contributed by atoms with Crippen LogP contribution in [0.4, 0.5) is 5.82 Å².